The van der Waals surface area contributed by atoms with E-state index in [9.17, 15) is 18.0 Å². The van der Waals surface area contributed by atoms with Crippen molar-refractivity contribution >= 4 is 11.6 Å². The maximum Gasteiger partial charge on any atom is 0.390 e. The summed E-state index contributed by atoms with van der Waals surface area (Å²) >= 11 is 0. The van der Waals surface area contributed by atoms with Crippen LogP contribution in [-0.2, 0) is 11.2 Å². The number of nitrogen functional groups attached to an aromatic ring is 1. The molecule has 0 spiro atoms. The Morgan fingerprint density at radius 2 is 1.83 bits per heavy atom. The van der Waals surface area contributed by atoms with E-state index in [4.69, 9.17) is 5.73 Å². The molecule has 1 aromatic rings. The van der Waals surface area contributed by atoms with E-state index in [1.807, 2.05) is 0 Å². The highest BCUT2D eigenvalue weighted by atomic mass is 19.4. The lowest BCUT2D eigenvalue weighted by Crippen LogP contribution is -2.28. The van der Waals surface area contributed by atoms with Crippen molar-refractivity contribution in [3.8, 4) is 0 Å². The second-order valence-electron chi connectivity index (χ2n) is 3.96. The number of carbonyl (C=O) groups is 1. The molecule has 100 valence electrons. The summed E-state index contributed by atoms with van der Waals surface area (Å²) in [6.07, 6.45) is -4.58. The number of benzene rings is 1. The van der Waals surface area contributed by atoms with Crippen molar-refractivity contribution < 1.29 is 18.0 Å². The minimum atomic E-state index is -4.23. The average Bonchev–Trinajstić information content (AvgIpc) is 2.26. The predicted octanol–water partition coefficient (Wildman–Crippen LogP) is 2.27. The number of nitrogens with one attached hydrogen (secondary N) is 1. The molecule has 18 heavy (non-hydrogen) atoms. The quantitative estimate of drug-likeness (QED) is 0.798. The van der Waals surface area contributed by atoms with E-state index in [1.165, 1.54) is 0 Å². The molecule has 3 N–H and O–H groups in total. The van der Waals surface area contributed by atoms with Crippen molar-refractivity contribution in [2.75, 3.05) is 12.3 Å². The highest BCUT2D eigenvalue weighted by Crippen LogP contribution is 2.18. The van der Waals surface area contributed by atoms with Crippen LogP contribution in [0, 0.1) is 0 Å². The van der Waals surface area contributed by atoms with Crippen molar-refractivity contribution in [1.82, 2.24) is 5.32 Å². The molecule has 0 atom stereocenters. The number of alkyl halides is 3. The lowest BCUT2D eigenvalue weighted by Gasteiger charge is -2.07. The number of hydrogen-bond donors (Lipinski definition) is 2. The van der Waals surface area contributed by atoms with Crippen LogP contribution in [0.5, 0.6) is 0 Å². The van der Waals surface area contributed by atoms with Gasteiger partial charge in [0.25, 0.3) is 0 Å². The lowest BCUT2D eigenvalue weighted by atomic mass is 10.1. The van der Waals surface area contributed by atoms with Gasteiger partial charge in [-0.2, -0.15) is 13.2 Å². The first-order valence-corrected chi connectivity index (χ1v) is 5.55. The monoisotopic (exact) mass is 260 g/mol. The molecular weight excluding hydrogens is 245 g/mol. The van der Waals surface area contributed by atoms with Crippen molar-refractivity contribution in [2.24, 2.45) is 0 Å². The molecule has 0 bridgehead atoms. The molecule has 0 fully saturated rings. The summed E-state index contributed by atoms with van der Waals surface area (Å²) in [5.41, 5.74) is 7.06. The minimum Gasteiger partial charge on any atom is -0.399 e. The van der Waals surface area contributed by atoms with Gasteiger partial charge in [-0.05, 0) is 24.1 Å². The van der Waals surface area contributed by atoms with Crippen LogP contribution < -0.4 is 11.1 Å². The molecule has 0 unspecified atom stereocenters. The first-order valence-electron chi connectivity index (χ1n) is 5.55. The Labute approximate surface area is 103 Å². The van der Waals surface area contributed by atoms with Gasteiger partial charge in [0.1, 0.15) is 0 Å². The second kappa shape index (κ2) is 6.28. The number of carbonyl (C=O) groups excluding carboxylic acids is 1. The van der Waals surface area contributed by atoms with Gasteiger partial charge >= 0.3 is 6.18 Å². The second-order valence-corrected chi connectivity index (χ2v) is 3.96. The fraction of sp³-hybridized carbons (Fsp3) is 0.417. The van der Waals surface area contributed by atoms with Gasteiger partial charge in [0.15, 0.2) is 0 Å². The van der Waals surface area contributed by atoms with Crippen LogP contribution in [-0.4, -0.2) is 18.6 Å². The van der Waals surface area contributed by atoms with Crippen LogP contribution in [0.3, 0.4) is 0 Å². The minimum absolute atomic E-state index is 0.168. The number of rotatable bonds is 5. The molecule has 0 radical (unpaired) electrons. The summed E-state index contributed by atoms with van der Waals surface area (Å²) in [5, 5.41) is 2.24. The number of halogens is 3. The molecular formula is C12H15F3N2O. The molecule has 3 nitrogen and oxygen atoms in total. The van der Waals surface area contributed by atoms with E-state index in [2.05, 4.69) is 5.32 Å². The van der Waals surface area contributed by atoms with Crippen LogP contribution in [0.25, 0.3) is 0 Å². The molecule has 0 saturated carbocycles. The predicted molar refractivity (Wildman–Crippen MR) is 62.9 cm³/mol. The summed E-state index contributed by atoms with van der Waals surface area (Å²) in [7, 11) is 0. The number of amides is 1. The van der Waals surface area contributed by atoms with Crippen LogP contribution in [0.15, 0.2) is 24.3 Å². The van der Waals surface area contributed by atoms with Gasteiger partial charge in [0.2, 0.25) is 5.91 Å². The fourth-order valence-electron chi connectivity index (χ4n) is 1.37. The Balaban J connectivity index is 2.23. The van der Waals surface area contributed by atoms with Crippen molar-refractivity contribution in [3.05, 3.63) is 29.8 Å². The van der Waals surface area contributed by atoms with E-state index >= 15 is 0 Å². The van der Waals surface area contributed by atoms with Crippen molar-refractivity contribution in [2.45, 2.75) is 25.4 Å². The Hall–Kier alpha value is -1.72. The van der Waals surface area contributed by atoms with Crippen LogP contribution in [0.4, 0.5) is 18.9 Å². The van der Waals surface area contributed by atoms with E-state index < -0.39 is 12.6 Å². The van der Waals surface area contributed by atoms with Crippen LogP contribution in [0.1, 0.15) is 18.4 Å². The number of aryl methyl sites for hydroxylation is 1. The Morgan fingerprint density at radius 3 is 2.39 bits per heavy atom. The van der Waals surface area contributed by atoms with Gasteiger partial charge in [-0.15, -0.1) is 0 Å². The normalized spacial score (nSPS) is 11.3. The molecule has 0 aromatic heterocycles. The van der Waals surface area contributed by atoms with E-state index in [0.717, 1.165) is 5.56 Å². The Bertz CT molecular complexity index is 387. The van der Waals surface area contributed by atoms with E-state index in [-0.39, 0.29) is 18.9 Å². The van der Waals surface area contributed by atoms with E-state index in [0.29, 0.717) is 12.1 Å². The number of hydrogen-bond acceptors (Lipinski definition) is 2. The maximum absolute atomic E-state index is 11.8. The zero-order valence-corrected chi connectivity index (χ0v) is 9.76. The summed E-state index contributed by atoms with van der Waals surface area (Å²) in [6.45, 7) is -0.371. The molecule has 0 aliphatic heterocycles. The molecule has 1 rings (SSSR count). The van der Waals surface area contributed by atoms with Gasteiger partial charge in [0.05, 0.1) is 6.42 Å². The molecule has 0 heterocycles. The highest BCUT2D eigenvalue weighted by Gasteiger charge is 2.26. The largest absolute Gasteiger partial charge is 0.399 e. The van der Waals surface area contributed by atoms with Crippen LogP contribution in [0.2, 0.25) is 0 Å². The molecule has 0 saturated heterocycles. The smallest absolute Gasteiger partial charge is 0.390 e. The van der Waals surface area contributed by atoms with Crippen LogP contribution >= 0.6 is 0 Å². The first kappa shape index (κ1) is 14.3. The SMILES string of the molecule is Nc1ccc(CCC(=O)NCCC(F)(F)F)cc1. The Kier molecular flexibility index (Phi) is 5.00. The zero-order valence-electron chi connectivity index (χ0n) is 9.76. The molecule has 0 aliphatic carbocycles. The third-order valence-electron chi connectivity index (χ3n) is 2.35. The third-order valence-corrected chi connectivity index (χ3v) is 2.35. The number of anilines is 1. The van der Waals surface area contributed by atoms with Crippen molar-refractivity contribution in [3.63, 3.8) is 0 Å². The lowest BCUT2D eigenvalue weighted by molar-refractivity contribution is -0.135. The molecule has 1 amide bonds. The Morgan fingerprint density at radius 1 is 1.22 bits per heavy atom. The summed E-state index contributed by atoms with van der Waals surface area (Å²) in [5.74, 6) is -0.379. The van der Waals surface area contributed by atoms with Gasteiger partial charge in [-0.3, -0.25) is 4.79 Å². The summed E-state index contributed by atoms with van der Waals surface area (Å²) in [4.78, 5) is 11.3. The van der Waals surface area contributed by atoms with Crippen molar-refractivity contribution in [1.29, 1.82) is 0 Å². The van der Waals surface area contributed by atoms with Gasteiger partial charge < -0.3 is 11.1 Å². The van der Waals surface area contributed by atoms with E-state index in [1.54, 1.807) is 24.3 Å². The third kappa shape index (κ3) is 6.12. The summed E-state index contributed by atoms with van der Waals surface area (Å²) < 4.78 is 35.5. The van der Waals surface area contributed by atoms with Gasteiger partial charge in [-0.1, -0.05) is 12.1 Å². The highest BCUT2D eigenvalue weighted by molar-refractivity contribution is 5.76. The number of nitrogens with two attached hydrogens (primary N) is 1. The average molecular weight is 260 g/mol. The first-order chi connectivity index (χ1) is 8.37. The standard InChI is InChI=1S/C12H15F3N2O/c13-12(14,15)7-8-17-11(18)6-3-9-1-4-10(16)5-2-9/h1-2,4-5H,3,6-8,16H2,(H,17,18). The van der Waals surface area contributed by atoms with Gasteiger partial charge in [-0.25, -0.2) is 0 Å². The molecule has 6 heteroatoms. The zero-order chi connectivity index (χ0) is 13.6. The molecule has 1 aromatic carbocycles. The topological polar surface area (TPSA) is 55.1 Å². The molecule has 0 aliphatic rings. The summed E-state index contributed by atoms with van der Waals surface area (Å²) in [6, 6.07) is 7.02. The maximum atomic E-state index is 11.8. The fourth-order valence-corrected chi connectivity index (χ4v) is 1.37. The van der Waals surface area contributed by atoms with Gasteiger partial charge in [0, 0.05) is 18.7 Å².